The smallest absolute Gasteiger partial charge is 0.0159 e. The van der Waals surface area contributed by atoms with Crippen LogP contribution < -0.4 is 0 Å². The fraction of sp³-hybridized carbons (Fsp3) is 0.190. The summed E-state index contributed by atoms with van der Waals surface area (Å²) in [6.45, 7) is 21.9. The highest BCUT2D eigenvalue weighted by Crippen LogP contribution is 2.52. The monoisotopic (exact) mass is 542 g/mol. The topological polar surface area (TPSA) is 0 Å². The molecule has 0 radical (unpaired) electrons. The average Bonchev–Trinajstić information content (AvgIpc) is 3.36. The van der Waals surface area contributed by atoms with Crippen LogP contribution in [-0.2, 0) is 10.8 Å². The van der Waals surface area contributed by atoms with Crippen LogP contribution in [0.3, 0.4) is 0 Å². The third-order valence-corrected chi connectivity index (χ3v) is 10.1. The van der Waals surface area contributed by atoms with Crippen molar-refractivity contribution in [1.29, 1.82) is 0 Å². The molecule has 0 aliphatic heterocycles. The molecule has 0 unspecified atom stereocenters. The highest BCUT2D eigenvalue weighted by Gasteiger charge is 2.37. The normalized spacial score (nSPS) is 15.0. The Balaban J connectivity index is 1.29. The fourth-order valence-corrected chi connectivity index (χ4v) is 7.54. The number of benzene rings is 5. The van der Waals surface area contributed by atoms with Gasteiger partial charge in [-0.15, -0.1) is 0 Å². The molecule has 0 spiro atoms. The Kier molecular flexibility index (Phi) is 5.70. The molecule has 2 aliphatic rings. The van der Waals surface area contributed by atoms with Gasteiger partial charge in [-0.3, -0.25) is 0 Å². The number of fused-ring (bicyclic) bond motifs is 6. The first-order valence-corrected chi connectivity index (χ1v) is 15.0. The molecule has 0 saturated carbocycles. The Morgan fingerprint density at radius 2 is 0.762 bits per heavy atom. The highest BCUT2D eigenvalue weighted by molar-refractivity contribution is 5.87. The zero-order chi connectivity index (χ0) is 29.6. The second-order valence-corrected chi connectivity index (χ2v) is 13.3. The van der Waals surface area contributed by atoms with Crippen LogP contribution in [0.15, 0.2) is 98.1 Å². The lowest BCUT2D eigenvalue weighted by Gasteiger charge is -2.23. The van der Waals surface area contributed by atoms with Crippen LogP contribution in [-0.4, -0.2) is 0 Å². The van der Waals surface area contributed by atoms with Gasteiger partial charge in [0, 0.05) is 10.8 Å². The predicted octanol–water partition coefficient (Wildman–Crippen LogP) is 11.5. The maximum Gasteiger partial charge on any atom is 0.0159 e. The molecule has 5 aromatic carbocycles. The quantitative estimate of drug-likeness (QED) is 0.212. The van der Waals surface area contributed by atoms with Crippen LogP contribution in [0.2, 0.25) is 0 Å². The van der Waals surface area contributed by atoms with E-state index in [9.17, 15) is 0 Å². The zero-order valence-corrected chi connectivity index (χ0v) is 25.7. The summed E-state index contributed by atoms with van der Waals surface area (Å²) in [5.41, 5.74) is 21.0. The maximum atomic E-state index is 3.99. The summed E-state index contributed by atoms with van der Waals surface area (Å²) in [6.07, 6.45) is 3.88. The van der Waals surface area contributed by atoms with Gasteiger partial charge in [0.2, 0.25) is 0 Å². The molecule has 0 bridgehead atoms. The van der Waals surface area contributed by atoms with Gasteiger partial charge in [-0.2, -0.15) is 0 Å². The molecule has 0 saturated heterocycles. The largest absolute Gasteiger partial charge is 0.0985 e. The minimum Gasteiger partial charge on any atom is -0.0985 e. The summed E-state index contributed by atoms with van der Waals surface area (Å²) in [7, 11) is 0. The summed E-state index contributed by atoms with van der Waals surface area (Å²) in [5, 5.41) is 0. The van der Waals surface area contributed by atoms with Crippen molar-refractivity contribution in [1.82, 2.24) is 0 Å². The van der Waals surface area contributed by atoms with Gasteiger partial charge >= 0.3 is 0 Å². The zero-order valence-electron chi connectivity index (χ0n) is 25.7. The molecule has 0 atom stereocenters. The Morgan fingerprint density at radius 1 is 0.429 bits per heavy atom. The standard InChI is InChI=1S/C42H38/c1-9-27-11-15-31-33-17-13-29(23-39(33)41(5,6)37(31)21-27)35-19-26(4)36(20-25(35)3)30-14-18-34-32-16-12-28(10-2)22-38(32)42(7,8)40(34)24-30/h9-24H,1-2H2,3-8H3. The van der Waals surface area contributed by atoms with E-state index in [1.807, 2.05) is 12.2 Å². The van der Waals surface area contributed by atoms with Crippen molar-refractivity contribution in [3.05, 3.63) is 143 Å². The molecular formula is C42H38. The second-order valence-electron chi connectivity index (χ2n) is 13.3. The Bertz CT molecular complexity index is 1830. The summed E-state index contributed by atoms with van der Waals surface area (Å²) in [4.78, 5) is 0. The van der Waals surface area contributed by atoms with E-state index in [2.05, 4.69) is 140 Å². The van der Waals surface area contributed by atoms with Crippen molar-refractivity contribution in [3.8, 4) is 44.5 Å². The Hall–Kier alpha value is -4.42. The van der Waals surface area contributed by atoms with E-state index in [0.29, 0.717) is 0 Å². The minimum atomic E-state index is -0.0518. The van der Waals surface area contributed by atoms with Gasteiger partial charge < -0.3 is 0 Å². The molecule has 0 N–H and O–H groups in total. The summed E-state index contributed by atoms with van der Waals surface area (Å²) in [6, 6.07) is 32.4. The third-order valence-electron chi connectivity index (χ3n) is 10.1. The lowest BCUT2D eigenvalue weighted by Crippen LogP contribution is -2.15. The number of aryl methyl sites for hydroxylation is 2. The van der Waals surface area contributed by atoms with E-state index < -0.39 is 0 Å². The van der Waals surface area contributed by atoms with Crippen molar-refractivity contribution in [2.45, 2.75) is 52.4 Å². The molecule has 5 aromatic rings. The molecule has 7 rings (SSSR count). The number of rotatable bonds is 4. The second kappa shape index (κ2) is 9.04. The predicted molar refractivity (Wildman–Crippen MR) is 182 cm³/mol. The number of hydrogen-bond donors (Lipinski definition) is 0. The van der Waals surface area contributed by atoms with Gasteiger partial charge in [-0.05, 0) is 115 Å². The first kappa shape index (κ1) is 26.5. The van der Waals surface area contributed by atoms with Crippen molar-refractivity contribution >= 4 is 12.2 Å². The van der Waals surface area contributed by atoms with Crippen LogP contribution >= 0.6 is 0 Å². The molecule has 0 nitrogen and oxygen atoms in total. The van der Waals surface area contributed by atoms with Crippen molar-refractivity contribution in [3.63, 3.8) is 0 Å². The first-order valence-electron chi connectivity index (χ1n) is 15.0. The van der Waals surface area contributed by atoms with Crippen LogP contribution in [0.1, 0.15) is 72.2 Å². The summed E-state index contributed by atoms with van der Waals surface area (Å²) < 4.78 is 0. The molecular weight excluding hydrogens is 504 g/mol. The lowest BCUT2D eigenvalue weighted by molar-refractivity contribution is 0.660. The van der Waals surface area contributed by atoms with Crippen LogP contribution in [0.5, 0.6) is 0 Å². The van der Waals surface area contributed by atoms with Gasteiger partial charge in [-0.25, -0.2) is 0 Å². The van der Waals surface area contributed by atoms with Crippen molar-refractivity contribution in [2.24, 2.45) is 0 Å². The van der Waals surface area contributed by atoms with E-state index in [4.69, 9.17) is 0 Å². The molecule has 42 heavy (non-hydrogen) atoms. The average molecular weight is 543 g/mol. The van der Waals surface area contributed by atoms with Crippen LogP contribution in [0.4, 0.5) is 0 Å². The molecule has 0 heterocycles. The lowest BCUT2D eigenvalue weighted by atomic mass is 9.80. The fourth-order valence-electron chi connectivity index (χ4n) is 7.54. The van der Waals surface area contributed by atoms with Gasteiger partial charge in [-0.1, -0.05) is 126 Å². The SMILES string of the molecule is C=Cc1ccc2c(c1)C(C)(C)c1cc(-c3cc(C)c(-c4ccc5c(c4)C(C)(C)c4cc(C=C)ccc4-5)cc3C)ccc1-2. The van der Waals surface area contributed by atoms with E-state index in [1.165, 1.54) is 89.0 Å². The highest BCUT2D eigenvalue weighted by atomic mass is 14.4. The van der Waals surface area contributed by atoms with Crippen molar-refractivity contribution < 1.29 is 0 Å². The van der Waals surface area contributed by atoms with E-state index >= 15 is 0 Å². The summed E-state index contributed by atoms with van der Waals surface area (Å²) in [5.74, 6) is 0. The molecule has 206 valence electrons. The van der Waals surface area contributed by atoms with Gasteiger partial charge in [0.25, 0.3) is 0 Å². The van der Waals surface area contributed by atoms with Gasteiger partial charge in [0.15, 0.2) is 0 Å². The Morgan fingerprint density at radius 3 is 1.12 bits per heavy atom. The number of hydrogen-bond acceptors (Lipinski definition) is 0. The molecule has 0 fully saturated rings. The van der Waals surface area contributed by atoms with E-state index in [-0.39, 0.29) is 10.8 Å². The van der Waals surface area contributed by atoms with Crippen LogP contribution in [0.25, 0.3) is 56.7 Å². The van der Waals surface area contributed by atoms with E-state index in [0.717, 1.165) is 0 Å². The van der Waals surface area contributed by atoms with Gasteiger partial charge in [0.05, 0.1) is 0 Å². The maximum absolute atomic E-state index is 3.99. The molecule has 0 aromatic heterocycles. The summed E-state index contributed by atoms with van der Waals surface area (Å²) >= 11 is 0. The third kappa shape index (κ3) is 3.68. The minimum absolute atomic E-state index is 0.0518. The Labute approximate surface area is 251 Å². The molecule has 0 amide bonds. The van der Waals surface area contributed by atoms with Gasteiger partial charge in [0.1, 0.15) is 0 Å². The molecule has 0 heteroatoms. The first-order chi connectivity index (χ1) is 20.0. The molecule has 2 aliphatic carbocycles. The van der Waals surface area contributed by atoms with Crippen molar-refractivity contribution in [2.75, 3.05) is 0 Å². The van der Waals surface area contributed by atoms with Crippen LogP contribution in [0, 0.1) is 13.8 Å². The van der Waals surface area contributed by atoms with E-state index in [1.54, 1.807) is 0 Å².